The van der Waals surface area contributed by atoms with Crippen LogP contribution in [0.25, 0.3) is 22.3 Å². The highest BCUT2D eigenvalue weighted by Crippen LogP contribution is 2.37. The lowest BCUT2D eigenvalue weighted by Gasteiger charge is -2.18. The predicted octanol–water partition coefficient (Wildman–Crippen LogP) is 9.76. The first-order chi connectivity index (χ1) is 15.2. The molecule has 0 fully saturated rings. The molecule has 2 aromatic carbocycles. The molecule has 1 atom stereocenters. The number of rotatable bonds is 4. The summed E-state index contributed by atoms with van der Waals surface area (Å²) in [5.74, 6) is 0.363. The van der Waals surface area contributed by atoms with Gasteiger partial charge >= 0.3 is 0 Å². The minimum atomic E-state index is 0.363. The van der Waals surface area contributed by atoms with Crippen LogP contribution in [0.1, 0.15) is 63.1 Å². The molecule has 0 amide bonds. The SMILES string of the molecule is C=C1/C=C\C/C=C\C(C)c2ccccc2-c2cc(C(/C=C\CCBr)=C/C)ccc21.CC. The molecule has 1 heteroatoms. The Morgan fingerprint density at radius 2 is 1.84 bits per heavy atom. The Morgan fingerprint density at radius 3 is 2.58 bits per heavy atom. The average Bonchev–Trinajstić information content (AvgIpc) is 2.84. The van der Waals surface area contributed by atoms with E-state index in [0.29, 0.717) is 5.92 Å². The van der Waals surface area contributed by atoms with Gasteiger partial charge in [0, 0.05) is 5.33 Å². The molecule has 0 bridgehead atoms. The summed E-state index contributed by atoms with van der Waals surface area (Å²) in [7, 11) is 0. The Morgan fingerprint density at radius 1 is 1.06 bits per heavy atom. The van der Waals surface area contributed by atoms with Crippen molar-refractivity contribution in [2.24, 2.45) is 0 Å². The Bertz CT molecular complexity index is 985. The van der Waals surface area contributed by atoms with E-state index < -0.39 is 0 Å². The lowest BCUT2D eigenvalue weighted by Crippen LogP contribution is -1.97. The van der Waals surface area contributed by atoms with Crippen LogP contribution in [0.4, 0.5) is 0 Å². The summed E-state index contributed by atoms with van der Waals surface area (Å²) in [6.45, 7) is 12.7. The normalized spacial score (nSPS) is 18.3. The van der Waals surface area contributed by atoms with Crippen molar-refractivity contribution >= 4 is 27.1 Å². The summed E-state index contributed by atoms with van der Waals surface area (Å²) in [5, 5.41) is 0.982. The summed E-state index contributed by atoms with van der Waals surface area (Å²) in [4.78, 5) is 0. The molecule has 0 N–H and O–H groups in total. The lowest BCUT2D eigenvalue weighted by atomic mass is 9.86. The summed E-state index contributed by atoms with van der Waals surface area (Å²) < 4.78 is 0. The zero-order chi connectivity index (χ0) is 22.6. The third kappa shape index (κ3) is 6.55. The van der Waals surface area contributed by atoms with Gasteiger partial charge in [-0.3, -0.25) is 0 Å². The molecule has 0 nitrogen and oxygen atoms in total. The maximum atomic E-state index is 4.36. The summed E-state index contributed by atoms with van der Waals surface area (Å²) in [6, 6.07) is 15.5. The molecule has 0 radical (unpaired) electrons. The van der Waals surface area contributed by atoms with E-state index in [1.54, 1.807) is 0 Å². The highest BCUT2D eigenvalue weighted by atomic mass is 79.9. The topological polar surface area (TPSA) is 0 Å². The van der Waals surface area contributed by atoms with Crippen molar-refractivity contribution in [3.05, 3.63) is 108 Å². The lowest BCUT2D eigenvalue weighted by molar-refractivity contribution is 0.964. The predicted molar refractivity (Wildman–Crippen MR) is 145 cm³/mol. The van der Waals surface area contributed by atoms with E-state index in [1.807, 2.05) is 13.8 Å². The Balaban J connectivity index is 0.00000166. The smallest absolute Gasteiger partial charge is 0.00660 e. The molecular weight excluding hydrogens is 440 g/mol. The summed E-state index contributed by atoms with van der Waals surface area (Å²) in [5.41, 5.74) is 8.64. The molecule has 162 valence electrons. The van der Waals surface area contributed by atoms with Crippen LogP contribution in [0.3, 0.4) is 0 Å². The molecule has 0 aromatic heterocycles. The average molecular weight is 476 g/mol. The van der Waals surface area contributed by atoms with Gasteiger partial charge in [0.25, 0.3) is 0 Å². The van der Waals surface area contributed by atoms with Gasteiger partial charge < -0.3 is 0 Å². The van der Waals surface area contributed by atoms with Gasteiger partial charge in [-0.2, -0.15) is 0 Å². The minimum Gasteiger partial charge on any atom is -0.0925 e. The molecule has 3 rings (SSSR count). The second kappa shape index (κ2) is 13.1. The number of allylic oxidation sites excluding steroid dienone is 9. The first-order valence-electron chi connectivity index (χ1n) is 11.3. The van der Waals surface area contributed by atoms with Crippen molar-refractivity contribution < 1.29 is 0 Å². The monoisotopic (exact) mass is 474 g/mol. The van der Waals surface area contributed by atoms with Crippen LogP contribution in [-0.4, -0.2) is 5.33 Å². The van der Waals surface area contributed by atoms with Gasteiger partial charge in [-0.15, -0.1) is 0 Å². The number of benzene rings is 2. The number of alkyl halides is 1. The fraction of sp³-hybridized carbons (Fsp3) is 0.267. The summed E-state index contributed by atoms with van der Waals surface area (Å²) in [6.07, 6.45) is 17.5. The quantitative estimate of drug-likeness (QED) is 0.235. The van der Waals surface area contributed by atoms with Crippen LogP contribution in [0, 0.1) is 0 Å². The van der Waals surface area contributed by atoms with Gasteiger partial charge in [0.1, 0.15) is 0 Å². The zero-order valence-electron chi connectivity index (χ0n) is 19.4. The van der Waals surface area contributed by atoms with E-state index in [1.165, 1.54) is 33.4 Å². The van der Waals surface area contributed by atoms with Crippen molar-refractivity contribution in [1.29, 1.82) is 0 Å². The number of fused-ring (bicyclic) bond motifs is 3. The number of hydrogen-bond donors (Lipinski definition) is 0. The van der Waals surface area contributed by atoms with Crippen LogP contribution in [0.5, 0.6) is 0 Å². The molecule has 31 heavy (non-hydrogen) atoms. The number of hydrogen-bond acceptors (Lipinski definition) is 0. The van der Waals surface area contributed by atoms with E-state index in [0.717, 1.165) is 23.7 Å². The van der Waals surface area contributed by atoms with Crippen molar-refractivity contribution in [3.8, 4) is 11.1 Å². The van der Waals surface area contributed by atoms with Crippen LogP contribution < -0.4 is 0 Å². The van der Waals surface area contributed by atoms with E-state index in [-0.39, 0.29) is 0 Å². The summed E-state index contributed by atoms with van der Waals surface area (Å²) >= 11 is 3.50. The minimum absolute atomic E-state index is 0.363. The zero-order valence-corrected chi connectivity index (χ0v) is 21.0. The fourth-order valence-electron chi connectivity index (χ4n) is 3.76. The maximum absolute atomic E-state index is 4.36. The standard InChI is InChI=1S/C28H29Br.C2H6/c1-4-23(14-10-11-19-29)24-17-18-26-22(3)13-7-5-6-12-21(2)25-15-8-9-16-27(25)28(26)20-24;1-2/h4,6-10,12-18,20-21H,3,5,11,19H2,1-2H3;1-2H3/b12-6-,13-7-,14-10-,23-4+;. The van der Waals surface area contributed by atoms with Crippen LogP contribution in [0.2, 0.25) is 0 Å². The second-order valence-corrected chi connectivity index (χ2v) is 8.14. The van der Waals surface area contributed by atoms with Crippen molar-refractivity contribution in [3.63, 3.8) is 0 Å². The van der Waals surface area contributed by atoms with Crippen LogP contribution in [-0.2, 0) is 0 Å². The van der Waals surface area contributed by atoms with Gasteiger partial charge in [-0.1, -0.05) is 122 Å². The molecule has 1 aliphatic rings. The second-order valence-electron chi connectivity index (χ2n) is 7.35. The molecule has 2 aromatic rings. The Kier molecular flexibility index (Phi) is 10.5. The van der Waals surface area contributed by atoms with Gasteiger partial charge in [0.05, 0.1) is 0 Å². The molecule has 0 aliphatic heterocycles. The molecule has 0 spiro atoms. The van der Waals surface area contributed by atoms with Gasteiger partial charge in [-0.25, -0.2) is 0 Å². The van der Waals surface area contributed by atoms with Crippen molar-refractivity contribution in [1.82, 2.24) is 0 Å². The van der Waals surface area contributed by atoms with E-state index >= 15 is 0 Å². The highest BCUT2D eigenvalue weighted by Gasteiger charge is 2.15. The molecule has 1 aliphatic carbocycles. The van der Waals surface area contributed by atoms with Crippen LogP contribution in [0.15, 0.2) is 91.6 Å². The first kappa shape index (κ1) is 24.9. The first-order valence-corrected chi connectivity index (χ1v) is 12.4. The van der Waals surface area contributed by atoms with E-state index in [4.69, 9.17) is 0 Å². The van der Waals surface area contributed by atoms with Crippen molar-refractivity contribution in [2.45, 2.75) is 46.5 Å². The van der Waals surface area contributed by atoms with E-state index in [2.05, 4.69) is 121 Å². The van der Waals surface area contributed by atoms with Crippen LogP contribution >= 0.6 is 15.9 Å². The Labute approximate surface area is 197 Å². The van der Waals surface area contributed by atoms with Gasteiger partial charge in [0.15, 0.2) is 0 Å². The molecule has 0 saturated carbocycles. The molecule has 0 heterocycles. The van der Waals surface area contributed by atoms with Crippen molar-refractivity contribution in [2.75, 3.05) is 5.33 Å². The third-order valence-corrected chi connectivity index (χ3v) is 5.80. The Hall–Kier alpha value is -2.38. The fourth-order valence-corrected chi connectivity index (χ4v) is 4.03. The van der Waals surface area contributed by atoms with Gasteiger partial charge in [0.2, 0.25) is 0 Å². The largest absolute Gasteiger partial charge is 0.0925 e. The molecule has 0 saturated heterocycles. The number of halogens is 1. The third-order valence-electron chi connectivity index (χ3n) is 5.34. The molecular formula is C30H35Br. The maximum Gasteiger partial charge on any atom is 0.00660 e. The highest BCUT2D eigenvalue weighted by molar-refractivity contribution is 9.09. The van der Waals surface area contributed by atoms with Gasteiger partial charge in [-0.05, 0) is 70.7 Å². The van der Waals surface area contributed by atoms with E-state index in [9.17, 15) is 0 Å². The molecule has 1 unspecified atom stereocenters.